The first kappa shape index (κ1) is 20.9. The predicted molar refractivity (Wildman–Crippen MR) is 120 cm³/mol. The number of carbonyl (C=O) groups is 1. The van der Waals surface area contributed by atoms with Crippen LogP contribution in [0, 0.1) is 6.92 Å². The van der Waals surface area contributed by atoms with Crippen molar-refractivity contribution in [3.05, 3.63) is 79.1 Å². The van der Waals surface area contributed by atoms with E-state index in [1.165, 1.54) is 0 Å². The quantitative estimate of drug-likeness (QED) is 0.561. The Labute approximate surface area is 184 Å². The molecule has 0 aliphatic carbocycles. The first-order chi connectivity index (χ1) is 14.3. The molecule has 0 fully saturated rings. The van der Waals surface area contributed by atoms with Gasteiger partial charge in [0.2, 0.25) is 5.76 Å². The van der Waals surface area contributed by atoms with Crippen molar-refractivity contribution in [3.8, 4) is 0 Å². The number of nitrogens with zero attached hydrogens (tertiary/aromatic N) is 2. The summed E-state index contributed by atoms with van der Waals surface area (Å²) in [5.74, 6) is -0.158. The highest BCUT2D eigenvalue weighted by atomic mass is 35.5. The minimum atomic E-state index is -0.521. The summed E-state index contributed by atoms with van der Waals surface area (Å²) in [4.78, 5) is 30.6. The zero-order chi connectivity index (χ0) is 21.6. The maximum atomic E-state index is 13.5. The summed E-state index contributed by atoms with van der Waals surface area (Å²) in [5, 5.41) is 1.46. The Kier molecular flexibility index (Phi) is 5.62. The predicted octanol–water partition coefficient (Wildman–Crippen LogP) is 4.91. The van der Waals surface area contributed by atoms with Gasteiger partial charge in [0.15, 0.2) is 5.43 Å². The van der Waals surface area contributed by atoms with Crippen LogP contribution in [0.4, 0.5) is 0 Å². The molecule has 30 heavy (non-hydrogen) atoms. The van der Waals surface area contributed by atoms with E-state index in [2.05, 4.69) is 4.90 Å². The molecule has 1 atom stereocenters. The van der Waals surface area contributed by atoms with Crippen LogP contribution in [0.25, 0.3) is 11.0 Å². The molecular formula is C23H22Cl2N2O3. The van der Waals surface area contributed by atoms with Crippen molar-refractivity contribution in [2.24, 2.45) is 0 Å². The van der Waals surface area contributed by atoms with Crippen molar-refractivity contribution in [1.82, 2.24) is 9.80 Å². The lowest BCUT2D eigenvalue weighted by Crippen LogP contribution is -2.32. The minimum Gasteiger partial charge on any atom is -0.450 e. The van der Waals surface area contributed by atoms with Crippen molar-refractivity contribution in [2.75, 3.05) is 27.2 Å². The van der Waals surface area contributed by atoms with Crippen LogP contribution < -0.4 is 5.43 Å². The van der Waals surface area contributed by atoms with Gasteiger partial charge in [-0.3, -0.25) is 9.59 Å². The van der Waals surface area contributed by atoms with Crippen LogP contribution >= 0.6 is 23.2 Å². The van der Waals surface area contributed by atoms with E-state index in [1.54, 1.807) is 29.2 Å². The lowest BCUT2D eigenvalue weighted by molar-refractivity contribution is 0.0722. The smallest absolute Gasteiger partial charge is 0.290 e. The SMILES string of the molecule is Cc1cc2oc3c(c(=O)c2cc1Cl)[C@@H](c1ccc(Cl)cc1)N(CCCN(C)C)C3=O. The van der Waals surface area contributed by atoms with E-state index in [-0.39, 0.29) is 17.1 Å². The summed E-state index contributed by atoms with van der Waals surface area (Å²) in [6, 6.07) is 10.0. The summed E-state index contributed by atoms with van der Waals surface area (Å²) in [6.07, 6.45) is 0.773. The third-order valence-corrected chi connectivity index (χ3v) is 6.10. The second-order valence-corrected chi connectivity index (χ2v) is 8.72. The number of rotatable bonds is 5. The standard InChI is InChI=1S/C23H22Cl2N2O3/c1-13-11-18-16(12-17(13)25)21(28)19-20(14-5-7-15(24)8-6-14)27(10-4-9-26(2)3)23(29)22(19)30-18/h5-8,11-12,20H,4,9-10H2,1-3H3/t20-/m1/s1. The lowest BCUT2D eigenvalue weighted by Gasteiger charge is -2.25. The molecule has 5 nitrogen and oxygen atoms in total. The molecule has 0 unspecified atom stereocenters. The molecule has 0 saturated heterocycles. The van der Waals surface area contributed by atoms with Crippen molar-refractivity contribution < 1.29 is 9.21 Å². The second kappa shape index (κ2) is 8.06. The maximum Gasteiger partial charge on any atom is 0.290 e. The van der Waals surface area contributed by atoms with Crippen LogP contribution in [0.3, 0.4) is 0 Å². The van der Waals surface area contributed by atoms with Crippen LogP contribution in [0.1, 0.15) is 39.7 Å². The van der Waals surface area contributed by atoms with Gasteiger partial charge in [0.1, 0.15) is 5.58 Å². The number of benzene rings is 2. The summed E-state index contributed by atoms with van der Waals surface area (Å²) in [6.45, 7) is 3.16. The average molecular weight is 445 g/mol. The number of hydrogen-bond acceptors (Lipinski definition) is 4. The molecule has 1 aromatic heterocycles. The average Bonchev–Trinajstić information content (AvgIpc) is 2.97. The molecule has 2 aromatic carbocycles. The van der Waals surface area contributed by atoms with Gasteiger partial charge in [-0.2, -0.15) is 0 Å². The molecule has 1 aliphatic heterocycles. The van der Waals surface area contributed by atoms with Crippen molar-refractivity contribution in [2.45, 2.75) is 19.4 Å². The van der Waals surface area contributed by atoms with Gasteiger partial charge in [0.05, 0.1) is 17.0 Å². The molecule has 156 valence electrons. The molecule has 0 N–H and O–H groups in total. The van der Waals surface area contributed by atoms with E-state index < -0.39 is 6.04 Å². The van der Waals surface area contributed by atoms with E-state index in [0.29, 0.717) is 33.1 Å². The normalized spacial score (nSPS) is 16.0. The first-order valence-electron chi connectivity index (χ1n) is 9.76. The molecule has 0 radical (unpaired) electrons. The van der Waals surface area contributed by atoms with Crippen LogP contribution in [0.2, 0.25) is 10.0 Å². The zero-order valence-corrected chi connectivity index (χ0v) is 18.5. The number of carbonyl (C=O) groups excluding carboxylic acids is 1. The fraction of sp³-hybridized carbons (Fsp3) is 0.304. The molecule has 3 aromatic rings. The minimum absolute atomic E-state index is 0.110. The summed E-state index contributed by atoms with van der Waals surface area (Å²) in [5.41, 5.74) is 2.12. The van der Waals surface area contributed by atoms with Gasteiger partial charge in [-0.05, 0) is 69.4 Å². The van der Waals surface area contributed by atoms with Crippen LogP contribution in [0.15, 0.2) is 45.6 Å². The van der Waals surface area contributed by atoms with Gasteiger partial charge in [-0.1, -0.05) is 35.3 Å². The Hall–Kier alpha value is -2.34. The molecular weight excluding hydrogens is 423 g/mol. The van der Waals surface area contributed by atoms with Crippen LogP contribution in [-0.4, -0.2) is 42.9 Å². The molecule has 0 spiro atoms. The number of aryl methyl sites for hydroxylation is 1. The first-order valence-corrected chi connectivity index (χ1v) is 10.5. The van der Waals surface area contributed by atoms with Crippen LogP contribution in [0.5, 0.6) is 0 Å². The highest BCUT2D eigenvalue weighted by Gasteiger charge is 2.42. The Morgan fingerprint density at radius 2 is 1.80 bits per heavy atom. The number of hydrogen-bond donors (Lipinski definition) is 0. The fourth-order valence-electron chi connectivity index (χ4n) is 3.92. The van der Waals surface area contributed by atoms with Gasteiger partial charge in [-0.25, -0.2) is 0 Å². The summed E-state index contributed by atoms with van der Waals surface area (Å²) in [7, 11) is 3.97. The molecule has 1 amide bonds. The van der Waals surface area contributed by atoms with Gasteiger partial charge in [0, 0.05) is 16.6 Å². The van der Waals surface area contributed by atoms with Gasteiger partial charge in [0.25, 0.3) is 5.91 Å². The van der Waals surface area contributed by atoms with Gasteiger partial charge in [-0.15, -0.1) is 0 Å². The van der Waals surface area contributed by atoms with E-state index in [0.717, 1.165) is 24.1 Å². The molecule has 2 heterocycles. The van der Waals surface area contributed by atoms with Gasteiger partial charge < -0.3 is 14.2 Å². The topological polar surface area (TPSA) is 53.8 Å². The molecule has 0 saturated carbocycles. The van der Waals surface area contributed by atoms with Crippen molar-refractivity contribution in [1.29, 1.82) is 0 Å². The largest absolute Gasteiger partial charge is 0.450 e. The molecule has 7 heteroatoms. The van der Waals surface area contributed by atoms with E-state index in [4.69, 9.17) is 27.6 Å². The zero-order valence-electron chi connectivity index (χ0n) is 17.0. The van der Waals surface area contributed by atoms with Crippen molar-refractivity contribution >= 4 is 40.1 Å². The Balaban J connectivity index is 1.90. The molecule has 1 aliphatic rings. The third kappa shape index (κ3) is 3.62. The number of fused-ring (bicyclic) bond motifs is 2. The Morgan fingerprint density at radius 3 is 2.47 bits per heavy atom. The monoisotopic (exact) mass is 444 g/mol. The van der Waals surface area contributed by atoms with Gasteiger partial charge >= 0.3 is 0 Å². The second-order valence-electron chi connectivity index (χ2n) is 7.88. The van der Waals surface area contributed by atoms with E-state index >= 15 is 0 Å². The fourth-order valence-corrected chi connectivity index (χ4v) is 4.21. The van der Waals surface area contributed by atoms with E-state index in [1.807, 2.05) is 33.2 Å². The molecule has 0 bridgehead atoms. The summed E-state index contributed by atoms with van der Waals surface area (Å²) >= 11 is 12.3. The number of halogens is 2. The summed E-state index contributed by atoms with van der Waals surface area (Å²) < 4.78 is 5.98. The maximum absolute atomic E-state index is 13.5. The third-order valence-electron chi connectivity index (χ3n) is 5.44. The lowest BCUT2D eigenvalue weighted by atomic mass is 9.98. The Bertz CT molecular complexity index is 1190. The Morgan fingerprint density at radius 1 is 1.10 bits per heavy atom. The van der Waals surface area contributed by atoms with E-state index in [9.17, 15) is 9.59 Å². The molecule has 4 rings (SSSR count). The van der Waals surface area contributed by atoms with Crippen LogP contribution in [-0.2, 0) is 0 Å². The number of amides is 1. The highest BCUT2D eigenvalue weighted by molar-refractivity contribution is 6.32. The van der Waals surface area contributed by atoms with Crippen molar-refractivity contribution in [3.63, 3.8) is 0 Å². The highest BCUT2D eigenvalue weighted by Crippen LogP contribution is 2.39.